The molecular formula is C20H20N6O3S. The highest BCUT2D eigenvalue weighted by atomic mass is 32.2. The summed E-state index contributed by atoms with van der Waals surface area (Å²) in [5.74, 6) is 0.825. The molecule has 30 heavy (non-hydrogen) atoms. The normalized spacial score (nSPS) is 19.0. The quantitative estimate of drug-likeness (QED) is 0.508. The van der Waals surface area contributed by atoms with Gasteiger partial charge in [-0.3, -0.25) is 9.40 Å². The highest BCUT2D eigenvalue weighted by Gasteiger charge is 2.29. The summed E-state index contributed by atoms with van der Waals surface area (Å²) in [4.78, 5) is 4.34. The van der Waals surface area contributed by atoms with Gasteiger partial charge in [-0.05, 0) is 42.5 Å². The number of para-hydroxylation sites is 1. The molecule has 3 heterocycles. The van der Waals surface area contributed by atoms with Crippen LogP contribution in [0.25, 0.3) is 16.7 Å². The van der Waals surface area contributed by atoms with Gasteiger partial charge in [0.05, 0.1) is 35.9 Å². The summed E-state index contributed by atoms with van der Waals surface area (Å²) in [5.41, 5.74) is 2.21. The van der Waals surface area contributed by atoms with Gasteiger partial charge in [0, 0.05) is 18.6 Å². The molecule has 0 atom stereocenters. The first-order valence-corrected chi connectivity index (χ1v) is 11.0. The molecule has 10 heteroatoms. The summed E-state index contributed by atoms with van der Waals surface area (Å²) in [7, 11) is -2.09. The molecule has 0 saturated heterocycles. The van der Waals surface area contributed by atoms with Crippen LogP contribution >= 0.6 is 0 Å². The fraction of sp³-hybridized carbons (Fsp3) is 0.250. The number of anilines is 1. The smallest absolute Gasteiger partial charge is 0.265 e. The Hall–Kier alpha value is -3.24. The topological polar surface area (TPSA) is 115 Å². The largest absolute Gasteiger partial charge is 0.393 e. The number of aryl methyl sites for hydroxylation is 1. The van der Waals surface area contributed by atoms with Crippen molar-refractivity contribution >= 4 is 26.6 Å². The lowest BCUT2D eigenvalue weighted by Gasteiger charge is -2.31. The van der Waals surface area contributed by atoms with Gasteiger partial charge < -0.3 is 5.11 Å². The van der Waals surface area contributed by atoms with Gasteiger partial charge >= 0.3 is 0 Å². The Morgan fingerprint density at radius 1 is 1.17 bits per heavy atom. The minimum Gasteiger partial charge on any atom is -0.393 e. The Labute approximate surface area is 173 Å². The zero-order chi connectivity index (χ0) is 20.9. The summed E-state index contributed by atoms with van der Waals surface area (Å²) in [6.07, 6.45) is 7.30. The number of hydrogen-bond acceptors (Lipinski definition) is 6. The average Bonchev–Trinajstić information content (AvgIpc) is 3.34. The summed E-state index contributed by atoms with van der Waals surface area (Å²) in [5, 5.41) is 18.8. The molecule has 0 amide bonds. The van der Waals surface area contributed by atoms with Crippen molar-refractivity contribution in [1.82, 2.24) is 24.5 Å². The van der Waals surface area contributed by atoms with Crippen molar-refractivity contribution in [3.63, 3.8) is 0 Å². The van der Waals surface area contributed by atoms with Crippen LogP contribution in [-0.4, -0.2) is 44.2 Å². The lowest BCUT2D eigenvalue weighted by atomic mass is 9.78. The first-order valence-electron chi connectivity index (χ1n) is 9.53. The van der Waals surface area contributed by atoms with Crippen LogP contribution in [0.15, 0.2) is 60.0 Å². The van der Waals surface area contributed by atoms with Crippen LogP contribution in [0.4, 0.5) is 5.69 Å². The number of sulfonamides is 1. The van der Waals surface area contributed by atoms with Gasteiger partial charge in [-0.15, -0.1) is 0 Å². The van der Waals surface area contributed by atoms with E-state index in [2.05, 4.69) is 19.9 Å². The van der Waals surface area contributed by atoms with Crippen LogP contribution in [-0.2, 0) is 17.1 Å². The molecule has 4 aromatic rings. The Balaban J connectivity index is 1.43. The number of aliphatic hydroxyl groups excluding tert-OH is 1. The molecule has 0 spiro atoms. The predicted molar refractivity (Wildman–Crippen MR) is 111 cm³/mol. The second-order valence-corrected chi connectivity index (χ2v) is 9.19. The maximum atomic E-state index is 12.9. The molecule has 1 aromatic carbocycles. The van der Waals surface area contributed by atoms with Crippen LogP contribution in [0, 0.1) is 0 Å². The summed E-state index contributed by atoms with van der Waals surface area (Å²) >= 11 is 0. The van der Waals surface area contributed by atoms with Gasteiger partial charge in [0.2, 0.25) is 0 Å². The van der Waals surface area contributed by atoms with E-state index < -0.39 is 10.0 Å². The molecule has 1 saturated carbocycles. The van der Waals surface area contributed by atoms with Crippen molar-refractivity contribution in [1.29, 1.82) is 0 Å². The van der Waals surface area contributed by atoms with Crippen molar-refractivity contribution in [3.8, 4) is 5.82 Å². The highest BCUT2D eigenvalue weighted by Crippen LogP contribution is 2.37. The maximum Gasteiger partial charge on any atom is 0.265 e. The van der Waals surface area contributed by atoms with Crippen molar-refractivity contribution in [2.24, 2.45) is 7.05 Å². The monoisotopic (exact) mass is 424 g/mol. The number of fused-ring (bicyclic) bond motifs is 1. The minimum absolute atomic E-state index is 0.0351. The number of aromatic nitrogens is 5. The zero-order valence-electron chi connectivity index (χ0n) is 16.2. The average molecular weight is 424 g/mol. The van der Waals surface area contributed by atoms with E-state index in [0.717, 1.165) is 23.8 Å². The SMILES string of the molecule is Cn1ncc2cccc(NS(=O)(=O)c3cnn(-c4cc(C5CC(O)C5)ccn4)c3)c21. The molecule has 1 aliphatic rings. The van der Waals surface area contributed by atoms with Crippen LogP contribution in [0.3, 0.4) is 0 Å². The molecule has 3 aromatic heterocycles. The number of nitrogens with zero attached hydrogens (tertiary/aromatic N) is 5. The van der Waals surface area contributed by atoms with Gasteiger partial charge in [-0.25, -0.2) is 18.1 Å². The van der Waals surface area contributed by atoms with E-state index in [1.807, 2.05) is 18.2 Å². The molecule has 5 rings (SSSR count). The van der Waals surface area contributed by atoms with Gasteiger partial charge in [0.15, 0.2) is 5.82 Å². The van der Waals surface area contributed by atoms with E-state index in [1.165, 1.54) is 17.1 Å². The molecule has 0 aliphatic heterocycles. The van der Waals surface area contributed by atoms with E-state index >= 15 is 0 Å². The minimum atomic E-state index is -3.85. The molecule has 9 nitrogen and oxygen atoms in total. The van der Waals surface area contributed by atoms with Crippen molar-refractivity contribution in [2.75, 3.05) is 4.72 Å². The van der Waals surface area contributed by atoms with Crippen LogP contribution in [0.1, 0.15) is 24.3 Å². The molecular weight excluding hydrogens is 404 g/mol. The molecule has 1 fully saturated rings. The lowest BCUT2D eigenvalue weighted by Crippen LogP contribution is -2.26. The van der Waals surface area contributed by atoms with Crippen LogP contribution < -0.4 is 4.72 Å². The number of benzene rings is 1. The Morgan fingerprint density at radius 3 is 2.80 bits per heavy atom. The lowest BCUT2D eigenvalue weighted by molar-refractivity contribution is 0.0746. The third-order valence-corrected chi connectivity index (χ3v) is 6.78. The number of pyridine rings is 1. The van der Waals surface area contributed by atoms with E-state index in [9.17, 15) is 13.5 Å². The van der Waals surface area contributed by atoms with Gasteiger partial charge in [0.25, 0.3) is 10.0 Å². The van der Waals surface area contributed by atoms with Crippen molar-refractivity contribution in [3.05, 3.63) is 60.7 Å². The van der Waals surface area contributed by atoms with Crippen LogP contribution in [0.2, 0.25) is 0 Å². The first kappa shape index (κ1) is 18.8. The number of hydrogen-bond donors (Lipinski definition) is 2. The molecule has 1 aliphatic carbocycles. The zero-order valence-corrected chi connectivity index (χ0v) is 17.0. The number of rotatable bonds is 5. The second-order valence-electron chi connectivity index (χ2n) is 7.51. The Kier molecular flexibility index (Phi) is 4.33. The molecule has 2 N–H and O–H groups in total. The van der Waals surface area contributed by atoms with Gasteiger partial charge in [0.1, 0.15) is 4.90 Å². The van der Waals surface area contributed by atoms with Crippen LogP contribution in [0.5, 0.6) is 0 Å². The Bertz CT molecular complexity index is 1340. The van der Waals surface area contributed by atoms with E-state index in [1.54, 1.807) is 36.3 Å². The summed E-state index contributed by atoms with van der Waals surface area (Å²) in [6, 6.07) is 9.14. The molecule has 154 valence electrons. The summed E-state index contributed by atoms with van der Waals surface area (Å²) < 4.78 is 31.6. The molecule has 0 unspecified atom stereocenters. The molecule has 0 bridgehead atoms. The number of nitrogens with one attached hydrogen (secondary N) is 1. The third kappa shape index (κ3) is 3.23. The highest BCUT2D eigenvalue weighted by molar-refractivity contribution is 7.92. The van der Waals surface area contributed by atoms with E-state index in [4.69, 9.17) is 0 Å². The van der Waals surface area contributed by atoms with E-state index in [0.29, 0.717) is 22.9 Å². The van der Waals surface area contributed by atoms with Crippen molar-refractivity contribution < 1.29 is 13.5 Å². The van der Waals surface area contributed by atoms with E-state index in [-0.39, 0.29) is 11.0 Å². The van der Waals surface area contributed by atoms with Gasteiger partial charge in [-0.1, -0.05) is 12.1 Å². The fourth-order valence-electron chi connectivity index (χ4n) is 3.76. The third-order valence-electron chi connectivity index (χ3n) is 5.46. The summed E-state index contributed by atoms with van der Waals surface area (Å²) in [6.45, 7) is 0. The molecule has 0 radical (unpaired) electrons. The van der Waals surface area contributed by atoms with Gasteiger partial charge in [-0.2, -0.15) is 10.2 Å². The standard InChI is InChI=1S/C20H20N6O3S/c1-25-20-14(10-22-25)3-2-4-18(20)24-30(28,29)17-11-23-26(12-17)19-9-13(5-6-21-19)15-7-16(27)8-15/h2-6,9-12,15-16,24,27H,7-8H2,1H3. The second kappa shape index (κ2) is 6.92. The first-order chi connectivity index (χ1) is 14.4. The fourth-order valence-corrected chi connectivity index (χ4v) is 4.76. The number of aliphatic hydroxyl groups is 1. The maximum absolute atomic E-state index is 12.9. The Morgan fingerprint density at radius 2 is 2.00 bits per heavy atom. The predicted octanol–water partition coefficient (Wildman–Crippen LogP) is 2.19. The van der Waals surface area contributed by atoms with Crippen molar-refractivity contribution in [2.45, 2.75) is 29.8 Å².